The molecule has 2 fully saturated rings. The highest BCUT2D eigenvalue weighted by molar-refractivity contribution is 6.16. The van der Waals surface area contributed by atoms with Crippen molar-refractivity contribution < 1.29 is 14.3 Å². The van der Waals surface area contributed by atoms with Crippen LogP contribution in [0.2, 0.25) is 0 Å². The van der Waals surface area contributed by atoms with Crippen molar-refractivity contribution >= 4 is 17.9 Å². The molecular formula is C24H25NO3. The second-order valence-electron chi connectivity index (χ2n) is 7.35. The van der Waals surface area contributed by atoms with Crippen molar-refractivity contribution in [2.45, 2.75) is 24.9 Å². The number of ether oxygens (including phenoxy) is 2. The van der Waals surface area contributed by atoms with E-state index in [4.69, 9.17) is 9.47 Å². The molecule has 0 radical (unpaired) electrons. The number of methoxy groups -OCH3 is 2. The largest absolute Gasteiger partial charge is 0.497 e. The summed E-state index contributed by atoms with van der Waals surface area (Å²) in [4.78, 5) is 15.7. The standard InChI is InChI=1S/C24H25NO3/c1-25-22-12-13-23(25)21(15-17-6-10-19(28-3)11-7-17)24(26)20(22)14-16-4-8-18(27-2)9-5-16/h4-11,14-15,22-23H,12-13H2,1-3H3/b20-14-,21-15+. The molecule has 2 aliphatic heterocycles. The molecule has 2 aromatic carbocycles. The van der Waals surface area contributed by atoms with Crippen molar-refractivity contribution in [3.05, 3.63) is 70.8 Å². The predicted octanol–water partition coefficient (Wildman–Crippen LogP) is 4.22. The number of hydrogen-bond donors (Lipinski definition) is 0. The van der Waals surface area contributed by atoms with E-state index in [0.29, 0.717) is 0 Å². The van der Waals surface area contributed by atoms with E-state index in [1.54, 1.807) is 14.2 Å². The fraction of sp³-hybridized carbons (Fsp3) is 0.292. The summed E-state index contributed by atoms with van der Waals surface area (Å²) in [7, 11) is 5.43. The monoisotopic (exact) mass is 375 g/mol. The van der Waals surface area contributed by atoms with Gasteiger partial charge < -0.3 is 9.47 Å². The maximum absolute atomic E-state index is 13.4. The van der Waals surface area contributed by atoms with Crippen molar-refractivity contribution in [2.75, 3.05) is 21.3 Å². The summed E-state index contributed by atoms with van der Waals surface area (Å²) >= 11 is 0. The Labute approximate surface area is 166 Å². The van der Waals surface area contributed by atoms with Crippen LogP contribution in [0.4, 0.5) is 0 Å². The highest BCUT2D eigenvalue weighted by Gasteiger charge is 2.44. The molecule has 2 aliphatic rings. The van der Waals surface area contributed by atoms with Gasteiger partial charge in [0, 0.05) is 23.2 Å². The van der Waals surface area contributed by atoms with Gasteiger partial charge >= 0.3 is 0 Å². The summed E-state index contributed by atoms with van der Waals surface area (Å²) < 4.78 is 10.5. The SMILES string of the molecule is COc1ccc(/C=C2\C(=O)/C(=C/c3ccc(OC)cc3)C3CCC2N3C)cc1. The van der Waals surface area contributed by atoms with Gasteiger partial charge in [-0.3, -0.25) is 9.69 Å². The quantitative estimate of drug-likeness (QED) is 0.750. The number of nitrogens with zero attached hydrogens (tertiary/aromatic N) is 1. The lowest BCUT2D eigenvalue weighted by molar-refractivity contribution is -0.114. The number of piperidine rings is 1. The topological polar surface area (TPSA) is 38.8 Å². The second kappa shape index (κ2) is 7.64. The van der Waals surface area contributed by atoms with Gasteiger partial charge in [-0.1, -0.05) is 24.3 Å². The first-order valence-electron chi connectivity index (χ1n) is 9.58. The van der Waals surface area contributed by atoms with E-state index in [9.17, 15) is 4.79 Å². The number of rotatable bonds is 4. The van der Waals surface area contributed by atoms with Crippen LogP contribution >= 0.6 is 0 Å². The first kappa shape index (κ1) is 18.5. The zero-order valence-electron chi connectivity index (χ0n) is 16.5. The molecule has 28 heavy (non-hydrogen) atoms. The smallest absolute Gasteiger partial charge is 0.188 e. The molecule has 0 N–H and O–H groups in total. The number of likely N-dealkylation sites (N-methyl/N-ethyl adjacent to an activating group) is 1. The normalized spacial score (nSPS) is 24.8. The summed E-state index contributed by atoms with van der Waals surface area (Å²) in [5, 5.41) is 0. The van der Waals surface area contributed by atoms with Gasteiger partial charge in [-0.2, -0.15) is 0 Å². The Morgan fingerprint density at radius 2 is 1.18 bits per heavy atom. The molecule has 0 spiro atoms. The maximum Gasteiger partial charge on any atom is 0.188 e. The fourth-order valence-electron chi connectivity index (χ4n) is 4.24. The number of Topliss-reactive ketones (excluding diaryl/α,β-unsaturated/α-hetero) is 1. The van der Waals surface area contributed by atoms with Gasteiger partial charge in [-0.05, 0) is 67.4 Å². The van der Waals surface area contributed by atoms with Crippen LogP contribution in [-0.2, 0) is 4.79 Å². The molecule has 2 saturated heterocycles. The van der Waals surface area contributed by atoms with Crippen LogP contribution in [-0.4, -0.2) is 44.0 Å². The zero-order chi connectivity index (χ0) is 19.7. The van der Waals surface area contributed by atoms with Crippen molar-refractivity contribution in [1.29, 1.82) is 0 Å². The van der Waals surface area contributed by atoms with Crippen LogP contribution < -0.4 is 9.47 Å². The lowest BCUT2D eigenvalue weighted by Crippen LogP contribution is -2.43. The van der Waals surface area contributed by atoms with E-state index >= 15 is 0 Å². The summed E-state index contributed by atoms with van der Waals surface area (Å²) in [5.41, 5.74) is 3.79. The molecule has 2 heterocycles. The number of carbonyl (C=O) groups excluding carboxylic acids is 1. The average molecular weight is 375 g/mol. The Hall–Kier alpha value is -2.85. The van der Waals surface area contributed by atoms with Gasteiger partial charge in [0.05, 0.1) is 14.2 Å². The van der Waals surface area contributed by atoms with Crippen molar-refractivity contribution in [3.63, 3.8) is 0 Å². The van der Waals surface area contributed by atoms with Crippen LogP contribution in [0.5, 0.6) is 11.5 Å². The van der Waals surface area contributed by atoms with Crippen LogP contribution in [0, 0.1) is 0 Å². The Bertz CT molecular complexity index is 850. The molecule has 2 atom stereocenters. The summed E-state index contributed by atoms with van der Waals surface area (Å²) in [6.45, 7) is 0. The number of fused-ring (bicyclic) bond motifs is 2. The third kappa shape index (κ3) is 3.36. The van der Waals surface area contributed by atoms with E-state index < -0.39 is 0 Å². The van der Waals surface area contributed by atoms with Gasteiger partial charge in [0.15, 0.2) is 5.78 Å². The van der Waals surface area contributed by atoms with E-state index in [2.05, 4.69) is 11.9 Å². The zero-order valence-corrected chi connectivity index (χ0v) is 16.5. The maximum atomic E-state index is 13.4. The summed E-state index contributed by atoms with van der Waals surface area (Å²) in [5.74, 6) is 1.79. The Kier molecular flexibility index (Phi) is 5.05. The van der Waals surface area contributed by atoms with E-state index in [0.717, 1.165) is 46.6 Å². The fourth-order valence-corrected chi connectivity index (χ4v) is 4.24. The number of ketones is 1. The molecule has 2 bridgehead atoms. The van der Waals surface area contributed by atoms with Gasteiger partial charge in [0.1, 0.15) is 11.5 Å². The van der Waals surface area contributed by atoms with Gasteiger partial charge in [-0.25, -0.2) is 0 Å². The molecule has 4 rings (SSSR count). The minimum atomic E-state index is 0.164. The Morgan fingerprint density at radius 1 is 0.786 bits per heavy atom. The molecule has 2 aromatic rings. The lowest BCUT2D eigenvalue weighted by Gasteiger charge is -2.34. The van der Waals surface area contributed by atoms with Gasteiger partial charge in [0.2, 0.25) is 0 Å². The van der Waals surface area contributed by atoms with E-state index in [1.165, 1.54) is 0 Å². The van der Waals surface area contributed by atoms with Crippen molar-refractivity contribution in [3.8, 4) is 11.5 Å². The van der Waals surface area contributed by atoms with E-state index in [-0.39, 0.29) is 17.9 Å². The highest BCUT2D eigenvalue weighted by Crippen LogP contribution is 2.40. The lowest BCUT2D eigenvalue weighted by atomic mass is 9.88. The molecule has 0 aliphatic carbocycles. The first-order valence-corrected chi connectivity index (χ1v) is 9.58. The minimum Gasteiger partial charge on any atom is -0.497 e. The molecular weight excluding hydrogens is 350 g/mol. The van der Waals surface area contributed by atoms with Crippen LogP contribution in [0.25, 0.3) is 12.2 Å². The average Bonchev–Trinajstić information content (AvgIpc) is 3.04. The summed E-state index contributed by atoms with van der Waals surface area (Å²) in [6.07, 6.45) is 6.09. The second-order valence-corrected chi connectivity index (χ2v) is 7.35. The molecule has 0 aromatic heterocycles. The minimum absolute atomic E-state index is 0.164. The van der Waals surface area contributed by atoms with Gasteiger partial charge in [-0.15, -0.1) is 0 Å². The summed E-state index contributed by atoms with van der Waals surface area (Å²) in [6, 6.07) is 16.0. The number of carbonyl (C=O) groups is 1. The molecule has 0 saturated carbocycles. The number of hydrogen-bond acceptors (Lipinski definition) is 4. The van der Waals surface area contributed by atoms with Crippen LogP contribution in [0.15, 0.2) is 59.7 Å². The third-order valence-corrected chi connectivity index (χ3v) is 5.82. The molecule has 144 valence electrons. The number of benzene rings is 2. The Morgan fingerprint density at radius 3 is 1.54 bits per heavy atom. The first-order chi connectivity index (χ1) is 13.6. The van der Waals surface area contributed by atoms with Gasteiger partial charge in [0.25, 0.3) is 0 Å². The highest BCUT2D eigenvalue weighted by atomic mass is 16.5. The van der Waals surface area contributed by atoms with Crippen LogP contribution in [0.3, 0.4) is 0 Å². The van der Waals surface area contributed by atoms with Crippen LogP contribution in [0.1, 0.15) is 24.0 Å². The molecule has 2 unspecified atom stereocenters. The Balaban J connectivity index is 1.70. The third-order valence-electron chi connectivity index (χ3n) is 5.82. The van der Waals surface area contributed by atoms with Crippen molar-refractivity contribution in [1.82, 2.24) is 4.90 Å². The van der Waals surface area contributed by atoms with Crippen molar-refractivity contribution in [2.24, 2.45) is 0 Å². The van der Waals surface area contributed by atoms with E-state index in [1.807, 2.05) is 60.7 Å². The molecule has 4 nitrogen and oxygen atoms in total. The predicted molar refractivity (Wildman–Crippen MR) is 112 cm³/mol. The molecule has 4 heteroatoms. The molecule has 0 amide bonds.